The highest BCUT2D eigenvalue weighted by molar-refractivity contribution is 8.68. The summed E-state index contributed by atoms with van der Waals surface area (Å²) in [5, 5.41) is 6.36. The van der Waals surface area contributed by atoms with Gasteiger partial charge in [0.1, 0.15) is 0 Å². The highest BCUT2D eigenvalue weighted by Crippen LogP contribution is 2.10. The SMILES string of the molecule is CC(NCCOCCOCCOCCNC(=O)C(C)C)SS. The van der Waals surface area contributed by atoms with E-state index in [0.717, 1.165) is 6.54 Å². The Morgan fingerprint density at radius 1 is 0.955 bits per heavy atom. The van der Waals surface area contributed by atoms with Crippen molar-refractivity contribution < 1.29 is 19.0 Å². The van der Waals surface area contributed by atoms with Gasteiger partial charge in [-0.2, -0.15) is 0 Å². The predicted molar refractivity (Wildman–Crippen MR) is 94.3 cm³/mol. The maximum Gasteiger partial charge on any atom is 0.222 e. The third kappa shape index (κ3) is 14.9. The van der Waals surface area contributed by atoms with Crippen LogP contribution in [0.25, 0.3) is 0 Å². The van der Waals surface area contributed by atoms with Gasteiger partial charge < -0.3 is 24.8 Å². The second-order valence-corrected chi connectivity index (χ2v) is 6.53. The molecule has 0 radical (unpaired) electrons. The molecule has 0 aliphatic heterocycles. The van der Waals surface area contributed by atoms with Crippen LogP contribution in [0.1, 0.15) is 20.8 Å². The quantitative estimate of drug-likeness (QED) is 0.178. The third-order valence-corrected chi connectivity index (χ3v) is 4.08. The summed E-state index contributed by atoms with van der Waals surface area (Å²) >= 11 is 4.11. The van der Waals surface area contributed by atoms with Crippen molar-refractivity contribution in [2.45, 2.75) is 26.1 Å². The lowest BCUT2D eigenvalue weighted by Gasteiger charge is -2.10. The van der Waals surface area contributed by atoms with Gasteiger partial charge in [-0.15, -0.1) is 11.7 Å². The first-order valence-electron chi connectivity index (χ1n) is 7.62. The molecule has 1 amide bonds. The largest absolute Gasteiger partial charge is 0.378 e. The summed E-state index contributed by atoms with van der Waals surface area (Å²) in [6, 6.07) is 0. The van der Waals surface area contributed by atoms with Crippen LogP contribution in [0, 0.1) is 5.92 Å². The Morgan fingerprint density at radius 2 is 1.45 bits per heavy atom. The summed E-state index contributed by atoms with van der Waals surface area (Å²) in [6.45, 7) is 10.5. The van der Waals surface area contributed by atoms with Crippen LogP contribution in [0.2, 0.25) is 0 Å². The van der Waals surface area contributed by atoms with Gasteiger partial charge in [-0.05, 0) is 6.92 Å². The summed E-state index contributed by atoms with van der Waals surface area (Å²) < 4.78 is 16.1. The summed E-state index contributed by atoms with van der Waals surface area (Å²) in [5.41, 5.74) is 0. The zero-order valence-electron chi connectivity index (χ0n) is 13.8. The van der Waals surface area contributed by atoms with E-state index in [0.29, 0.717) is 51.6 Å². The van der Waals surface area contributed by atoms with Gasteiger partial charge in [-0.3, -0.25) is 4.79 Å². The number of hydrogen-bond acceptors (Lipinski definition) is 7. The lowest BCUT2D eigenvalue weighted by atomic mass is 10.2. The molecule has 2 N–H and O–H groups in total. The van der Waals surface area contributed by atoms with Crippen LogP contribution in [-0.2, 0) is 19.0 Å². The molecule has 6 nitrogen and oxygen atoms in total. The molecular weight excluding hydrogens is 324 g/mol. The summed E-state index contributed by atoms with van der Waals surface area (Å²) in [4.78, 5) is 11.3. The van der Waals surface area contributed by atoms with Crippen LogP contribution in [0.3, 0.4) is 0 Å². The minimum absolute atomic E-state index is 0.0124. The first-order valence-corrected chi connectivity index (χ1v) is 9.55. The summed E-state index contributed by atoms with van der Waals surface area (Å²) in [7, 11) is 1.48. The minimum atomic E-state index is 0.0124. The van der Waals surface area contributed by atoms with Gasteiger partial charge in [0, 0.05) is 19.0 Å². The Labute approximate surface area is 143 Å². The molecule has 1 unspecified atom stereocenters. The Hall–Kier alpha value is 0.0100. The maximum absolute atomic E-state index is 11.3. The highest BCUT2D eigenvalue weighted by atomic mass is 33.1. The molecule has 0 rings (SSSR count). The van der Waals surface area contributed by atoms with E-state index in [2.05, 4.69) is 29.2 Å². The number of nitrogens with one attached hydrogen (secondary N) is 2. The van der Waals surface area contributed by atoms with Crippen LogP contribution in [0.4, 0.5) is 0 Å². The molecule has 0 aliphatic rings. The van der Waals surface area contributed by atoms with Gasteiger partial charge in [-0.1, -0.05) is 24.6 Å². The molecule has 0 fully saturated rings. The highest BCUT2D eigenvalue weighted by Gasteiger charge is 2.04. The molecule has 0 spiro atoms. The molecule has 0 saturated carbocycles. The van der Waals surface area contributed by atoms with Crippen molar-refractivity contribution in [2.24, 2.45) is 5.92 Å². The van der Waals surface area contributed by atoms with E-state index in [1.165, 1.54) is 10.8 Å². The fourth-order valence-corrected chi connectivity index (χ4v) is 1.78. The van der Waals surface area contributed by atoms with E-state index in [1.807, 2.05) is 13.8 Å². The van der Waals surface area contributed by atoms with Crippen LogP contribution in [0.15, 0.2) is 0 Å². The normalized spacial score (nSPS) is 12.6. The molecule has 132 valence electrons. The first kappa shape index (κ1) is 22.0. The first-order chi connectivity index (χ1) is 10.6. The van der Waals surface area contributed by atoms with Crippen LogP contribution in [-0.4, -0.2) is 64.0 Å². The van der Waals surface area contributed by atoms with Gasteiger partial charge in [0.2, 0.25) is 5.91 Å². The van der Waals surface area contributed by atoms with E-state index < -0.39 is 0 Å². The van der Waals surface area contributed by atoms with Gasteiger partial charge in [0.25, 0.3) is 0 Å². The second kappa shape index (κ2) is 15.9. The van der Waals surface area contributed by atoms with Crippen molar-refractivity contribution in [2.75, 3.05) is 52.7 Å². The lowest BCUT2D eigenvalue weighted by Crippen LogP contribution is -2.31. The molecule has 0 bridgehead atoms. The Kier molecular flexibility index (Phi) is 15.9. The molecule has 1 atom stereocenters. The molecule has 0 heterocycles. The standard InChI is InChI=1S/C14H30N2O4S2/c1-12(2)14(17)16-5-7-19-9-11-20-10-8-18-6-4-15-13(3)22-21/h12-13,15,21H,4-11H2,1-3H3,(H,16,17). The summed E-state index contributed by atoms with van der Waals surface area (Å²) in [5.74, 6) is 0.0623. The molecule has 0 aromatic heterocycles. The van der Waals surface area contributed by atoms with Crippen LogP contribution < -0.4 is 10.6 Å². The van der Waals surface area contributed by atoms with Crippen molar-refractivity contribution in [3.63, 3.8) is 0 Å². The zero-order chi connectivity index (χ0) is 16.6. The molecule has 0 aromatic carbocycles. The number of rotatable bonds is 15. The molecule has 0 aromatic rings. The maximum atomic E-state index is 11.3. The third-order valence-electron chi connectivity index (χ3n) is 2.65. The zero-order valence-corrected chi connectivity index (χ0v) is 15.5. The van der Waals surface area contributed by atoms with E-state index in [4.69, 9.17) is 14.2 Å². The smallest absolute Gasteiger partial charge is 0.222 e. The summed E-state index contributed by atoms with van der Waals surface area (Å²) in [6.07, 6.45) is 0. The van der Waals surface area contributed by atoms with E-state index in [-0.39, 0.29) is 11.8 Å². The van der Waals surface area contributed by atoms with Gasteiger partial charge >= 0.3 is 0 Å². The molecular formula is C14H30N2O4S2. The monoisotopic (exact) mass is 354 g/mol. The molecule has 0 aliphatic carbocycles. The molecule has 0 saturated heterocycles. The number of amides is 1. The van der Waals surface area contributed by atoms with Crippen molar-refractivity contribution in [3.05, 3.63) is 0 Å². The second-order valence-electron chi connectivity index (χ2n) is 4.98. The van der Waals surface area contributed by atoms with Crippen LogP contribution >= 0.6 is 22.5 Å². The number of thiol groups is 1. The van der Waals surface area contributed by atoms with Gasteiger partial charge in [0.15, 0.2) is 0 Å². The van der Waals surface area contributed by atoms with Crippen molar-refractivity contribution >= 4 is 28.4 Å². The van der Waals surface area contributed by atoms with Crippen molar-refractivity contribution in [1.82, 2.24) is 10.6 Å². The average Bonchev–Trinajstić information content (AvgIpc) is 2.51. The van der Waals surface area contributed by atoms with Crippen LogP contribution in [0.5, 0.6) is 0 Å². The minimum Gasteiger partial charge on any atom is -0.378 e. The molecule has 8 heteroatoms. The number of ether oxygens (including phenoxy) is 3. The lowest BCUT2D eigenvalue weighted by molar-refractivity contribution is -0.124. The number of carbonyl (C=O) groups is 1. The number of hydrogen-bond donors (Lipinski definition) is 3. The van der Waals surface area contributed by atoms with Gasteiger partial charge in [-0.25, -0.2) is 0 Å². The molecule has 22 heavy (non-hydrogen) atoms. The number of carbonyl (C=O) groups excluding carboxylic acids is 1. The Morgan fingerprint density at radius 3 is 1.95 bits per heavy atom. The topological polar surface area (TPSA) is 68.8 Å². The van der Waals surface area contributed by atoms with E-state index in [1.54, 1.807) is 0 Å². The van der Waals surface area contributed by atoms with Crippen molar-refractivity contribution in [1.29, 1.82) is 0 Å². The van der Waals surface area contributed by atoms with Crippen molar-refractivity contribution in [3.8, 4) is 0 Å². The van der Waals surface area contributed by atoms with E-state index in [9.17, 15) is 4.79 Å². The fourth-order valence-electron chi connectivity index (χ4n) is 1.36. The fraction of sp³-hybridized carbons (Fsp3) is 0.929. The average molecular weight is 355 g/mol. The van der Waals surface area contributed by atoms with E-state index >= 15 is 0 Å². The Balaban J connectivity index is 3.10. The predicted octanol–water partition coefficient (Wildman–Crippen LogP) is 1.32. The Bertz CT molecular complexity index is 271. The van der Waals surface area contributed by atoms with Gasteiger partial charge in [0.05, 0.1) is 45.0 Å².